The number of amides is 1. The first kappa shape index (κ1) is 16.4. The third-order valence-corrected chi connectivity index (χ3v) is 4.10. The minimum Gasteiger partial charge on any atom is -0.496 e. The number of para-hydroxylation sites is 1. The highest BCUT2D eigenvalue weighted by Crippen LogP contribution is 2.17. The Balaban J connectivity index is 1.75. The molecular weight excluding hydrogens is 301 g/mol. The summed E-state index contributed by atoms with van der Waals surface area (Å²) in [4.78, 5) is 11.8. The molecule has 0 atom stereocenters. The number of benzene rings is 2. The van der Waals surface area contributed by atoms with Crippen LogP contribution in [-0.4, -0.2) is 18.8 Å². The van der Waals surface area contributed by atoms with Crippen molar-refractivity contribution in [2.24, 2.45) is 0 Å². The molecule has 0 spiro atoms. The van der Waals surface area contributed by atoms with Crippen LogP contribution in [0.1, 0.15) is 11.1 Å². The summed E-state index contributed by atoms with van der Waals surface area (Å²) in [5.74, 6) is 1.22. The van der Waals surface area contributed by atoms with Gasteiger partial charge in [0, 0.05) is 17.9 Å². The van der Waals surface area contributed by atoms with Gasteiger partial charge in [0.2, 0.25) is 5.91 Å². The molecule has 22 heavy (non-hydrogen) atoms. The van der Waals surface area contributed by atoms with Gasteiger partial charge in [-0.2, -0.15) is 0 Å². The molecular formula is C17H18FNO2S. The van der Waals surface area contributed by atoms with Crippen LogP contribution in [0.3, 0.4) is 0 Å². The van der Waals surface area contributed by atoms with E-state index in [0.29, 0.717) is 23.6 Å². The van der Waals surface area contributed by atoms with E-state index in [9.17, 15) is 9.18 Å². The average Bonchev–Trinajstić information content (AvgIpc) is 2.55. The zero-order valence-electron chi connectivity index (χ0n) is 12.3. The quantitative estimate of drug-likeness (QED) is 0.850. The van der Waals surface area contributed by atoms with Gasteiger partial charge < -0.3 is 10.1 Å². The van der Waals surface area contributed by atoms with Crippen molar-refractivity contribution in [3.8, 4) is 5.75 Å². The van der Waals surface area contributed by atoms with E-state index < -0.39 is 0 Å². The lowest BCUT2D eigenvalue weighted by Gasteiger charge is -2.09. The third kappa shape index (κ3) is 4.77. The van der Waals surface area contributed by atoms with Crippen molar-refractivity contribution in [3.05, 3.63) is 65.5 Å². The van der Waals surface area contributed by atoms with E-state index in [0.717, 1.165) is 11.3 Å². The fraction of sp³-hybridized carbons (Fsp3) is 0.235. The Morgan fingerprint density at radius 1 is 1.14 bits per heavy atom. The SMILES string of the molecule is COc1ccccc1CNC(=O)CSCc1ccccc1F. The normalized spacial score (nSPS) is 10.3. The second-order valence-corrected chi connectivity index (χ2v) is 5.66. The maximum Gasteiger partial charge on any atom is 0.230 e. The topological polar surface area (TPSA) is 38.3 Å². The maximum atomic E-state index is 13.4. The maximum absolute atomic E-state index is 13.4. The molecule has 0 fully saturated rings. The zero-order valence-corrected chi connectivity index (χ0v) is 13.2. The molecule has 0 heterocycles. The molecule has 0 aromatic heterocycles. The molecule has 116 valence electrons. The fourth-order valence-corrected chi connectivity index (χ4v) is 2.81. The number of carbonyl (C=O) groups excluding carboxylic acids is 1. The van der Waals surface area contributed by atoms with Gasteiger partial charge in [0.25, 0.3) is 0 Å². The van der Waals surface area contributed by atoms with Crippen molar-refractivity contribution >= 4 is 17.7 Å². The molecule has 2 rings (SSSR count). The molecule has 0 aliphatic carbocycles. The first-order valence-electron chi connectivity index (χ1n) is 6.90. The summed E-state index contributed by atoms with van der Waals surface area (Å²) >= 11 is 1.39. The van der Waals surface area contributed by atoms with Gasteiger partial charge in [-0.3, -0.25) is 4.79 Å². The minimum absolute atomic E-state index is 0.0766. The number of hydrogen-bond acceptors (Lipinski definition) is 3. The van der Waals surface area contributed by atoms with Gasteiger partial charge in [-0.15, -0.1) is 11.8 Å². The van der Waals surface area contributed by atoms with Crippen LogP contribution < -0.4 is 10.1 Å². The Labute approximate surface area is 133 Å². The summed E-state index contributed by atoms with van der Waals surface area (Å²) in [6, 6.07) is 14.2. The Kier molecular flexibility index (Phi) is 6.27. The van der Waals surface area contributed by atoms with Crippen molar-refractivity contribution in [2.45, 2.75) is 12.3 Å². The van der Waals surface area contributed by atoms with E-state index in [1.54, 1.807) is 25.3 Å². The van der Waals surface area contributed by atoms with E-state index in [-0.39, 0.29) is 11.7 Å². The van der Waals surface area contributed by atoms with Crippen LogP contribution in [0.2, 0.25) is 0 Å². The number of methoxy groups -OCH3 is 1. The Morgan fingerprint density at radius 2 is 1.82 bits per heavy atom. The van der Waals surface area contributed by atoms with E-state index in [4.69, 9.17) is 4.74 Å². The predicted octanol–water partition coefficient (Wildman–Crippen LogP) is 3.38. The highest BCUT2D eigenvalue weighted by Gasteiger charge is 2.06. The molecule has 0 bridgehead atoms. The van der Waals surface area contributed by atoms with Crippen molar-refractivity contribution in [2.75, 3.05) is 12.9 Å². The molecule has 5 heteroatoms. The fourth-order valence-electron chi connectivity index (χ4n) is 1.96. The highest BCUT2D eigenvalue weighted by atomic mass is 32.2. The van der Waals surface area contributed by atoms with Gasteiger partial charge >= 0.3 is 0 Å². The van der Waals surface area contributed by atoms with Crippen LogP contribution in [0.15, 0.2) is 48.5 Å². The van der Waals surface area contributed by atoms with E-state index in [1.807, 2.05) is 24.3 Å². The summed E-state index contributed by atoms with van der Waals surface area (Å²) in [5, 5.41) is 2.84. The van der Waals surface area contributed by atoms with E-state index in [1.165, 1.54) is 17.8 Å². The number of thioether (sulfide) groups is 1. The zero-order chi connectivity index (χ0) is 15.8. The van der Waals surface area contributed by atoms with Crippen molar-refractivity contribution in [1.82, 2.24) is 5.32 Å². The molecule has 0 saturated heterocycles. The Morgan fingerprint density at radius 3 is 2.55 bits per heavy atom. The number of carbonyl (C=O) groups is 1. The molecule has 2 aromatic carbocycles. The van der Waals surface area contributed by atoms with Gasteiger partial charge in [-0.25, -0.2) is 4.39 Å². The van der Waals surface area contributed by atoms with Crippen LogP contribution in [0.4, 0.5) is 4.39 Å². The van der Waals surface area contributed by atoms with E-state index >= 15 is 0 Å². The van der Waals surface area contributed by atoms with Crippen molar-refractivity contribution in [3.63, 3.8) is 0 Å². The molecule has 0 saturated carbocycles. The first-order chi connectivity index (χ1) is 10.7. The molecule has 0 aliphatic rings. The van der Waals surface area contributed by atoms with Crippen LogP contribution >= 0.6 is 11.8 Å². The number of rotatable bonds is 7. The standard InChI is InChI=1S/C17H18FNO2S/c1-21-16-9-5-3-6-13(16)10-19-17(20)12-22-11-14-7-2-4-8-15(14)18/h2-9H,10-12H2,1H3,(H,19,20). The lowest BCUT2D eigenvalue weighted by molar-refractivity contribution is -0.118. The number of nitrogens with one attached hydrogen (secondary N) is 1. The Hall–Kier alpha value is -2.01. The van der Waals surface area contributed by atoms with Crippen LogP contribution in [0.5, 0.6) is 5.75 Å². The average molecular weight is 319 g/mol. The molecule has 1 amide bonds. The number of halogens is 1. The van der Waals surface area contributed by atoms with Crippen molar-refractivity contribution < 1.29 is 13.9 Å². The monoisotopic (exact) mass is 319 g/mol. The van der Waals surface area contributed by atoms with Crippen LogP contribution in [0, 0.1) is 5.82 Å². The second kappa shape index (κ2) is 8.44. The van der Waals surface area contributed by atoms with Gasteiger partial charge in [0.1, 0.15) is 11.6 Å². The molecule has 2 aromatic rings. The summed E-state index contributed by atoms with van der Waals surface area (Å²) < 4.78 is 18.7. The van der Waals surface area contributed by atoms with Crippen LogP contribution in [-0.2, 0) is 17.1 Å². The van der Waals surface area contributed by atoms with Gasteiger partial charge in [0.15, 0.2) is 0 Å². The van der Waals surface area contributed by atoms with Crippen molar-refractivity contribution in [1.29, 1.82) is 0 Å². The molecule has 1 N–H and O–H groups in total. The second-order valence-electron chi connectivity index (χ2n) is 4.67. The Bertz CT molecular complexity index is 634. The number of hydrogen-bond donors (Lipinski definition) is 1. The van der Waals surface area contributed by atoms with Crippen LogP contribution in [0.25, 0.3) is 0 Å². The molecule has 0 unspecified atom stereocenters. The summed E-state index contributed by atoms with van der Waals surface area (Å²) in [6.45, 7) is 0.420. The largest absolute Gasteiger partial charge is 0.496 e. The van der Waals surface area contributed by atoms with Gasteiger partial charge in [-0.1, -0.05) is 36.4 Å². The lowest BCUT2D eigenvalue weighted by atomic mass is 10.2. The third-order valence-electron chi connectivity index (χ3n) is 3.12. The molecule has 0 aliphatic heterocycles. The summed E-state index contributed by atoms with van der Waals surface area (Å²) in [5.41, 5.74) is 1.54. The predicted molar refractivity (Wildman–Crippen MR) is 87.4 cm³/mol. The smallest absolute Gasteiger partial charge is 0.230 e. The highest BCUT2D eigenvalue weighted by molar-refractivity contribution is 7.99. The summed E-state index contributed by atoms with van der Waals surface area (Å²) in [6.07, 6.45) is 0. The van der Waals surface area contributed by atoms with Gasteiger partial charge in [-0.05, 0) is 17.7 Å². The number of ether oxygens (including phenoxy) is 1. The minimum atomic E-state index is -0.232. The first-order valence-corrected chi connectivity index (χ1v) is 8.06. The molecule has 3 nitrogen and oxygen atoms in total. The van der Waals surface area contributed by atoms with Gasteiger partial charge in [0.05, 0.1) is 12.9 Å². The summed E-state index contributed by atoms with van der Waals surface area (Å²) in [7, 11) is 1.60. The lowest BCUT2D eigenvalue weighted by Crippen LogP contribution is -2.24. The molecule has 0 radical (unpaired) electrons. The van der Waals surface area contributed by atoms with E-state index in [2.05, 4.69) is 5.32 Å².